The fourth-order valence-electron chi connectivity index (χ4n) is 2.07. The smallest absolute Gasteiger partial charge is 0.161 e. The number of benzene rings is 2. The van der Waals surface area contributed by atoms with Crippen LogP contribution in [0.4, 0.5) is 8.78 Å². The predicted molar refractivity (Wildman–Crippen MR) is 74.6 cm³/mol. The number of aryl methyl sites for hydroxylation is 1. The van der Waals surface area contributed by atoms with E-state index in [1.807, 2.05) is 31.2 Å². The van der Waals surface area contributed by atoms with Gasteiger partial charge in [-0.1, -0.05) is 35.9 Å². The zero-order valence-corrected chi connectivity index (χ0v) is 11.2. The minimum Gasteiger partial charge on any atom is -0.225 e. The summed E-state index contributed by atoms with van der Waals surface area (Å²) < 4.78 is 27.0. The Morgan fingerprint density at radius 3 is 2.55 bits per heavy atom. The number of aromatic nitrogens is 2. The fourth-order valence-corrected chi connectivity index (χ4v) is 2.29. The minimum atomic E-state index is -0.751. The third-order valence-electron chi connectivity index (χ3n) is 3.06. The standard InChI is InChI=1S/C15H9ClF2N2/c1-8-4-2-3-5-10(8)15-19-13-11(14(16)20-15)6-9(17)7-12(13)18/h2-7H,1H3. The third kappa shape index (κ3) is 2.12. The summed E-state index contributed by atoms with van der Waals surface area (Å²) in [5.41, 5.74) is 1.73. The minimum absolute atomic E-state index is 0.0182. The highest BCUT2D eigenvalue weighted by atomic mass is 35.5. The molecule has 2 aromatic carbocycles. The predicted octanol–water partition coefficient (Wildman–Crippen LogP) is 4.54. The second kappa shape index (κ2) is 4.80. The van der Waals surface area contributed by atoms with Crippen molar-refractivity contribution in [3.05, 3.63) is 58.7 Å². The molecular formula is C15H9ClF2N2. The maximum Gasteiger partial charge on any atom is 0.161 e. The summed E-state index contributed by atoms with van der Waals surface area (Å²) in [6.07, 6.45) is 0. The highest BCUT2D eigenvalue weighted by molar-refractivity contribution is 6.34. The van der Waals surface area contributed by atoms with Crippen LogP contribution < -0.4 is 0 Å². The lowest BCUT2D eigenvalue weighted by molar-refractivity contribution is 0.590. The Morgan fingerprint density at radius 1 is 1.05 bits per heavy atom. The molecule has 2 nitrogen and oxygen atoms in total. The van der Waals surface area contributed by atoms with E-state index >= 15 is 0 Å². The number of hydrogen-bond donors (Lipinski definition) is 0. The van der Waals surface area contributed by atoms with E-state index in [2.05, 4.69) is 9.97 Å². The topological polar surface area (TPSA) is 25.8 Å². The maximum absolute atomic E-state index is 13.8. The summed E-state index contributed by atoms with van der Waals surface area (Å²) in [7, 11) is 0. The van der Waals surface area contributed by atoms with Gasteiger partial charge in [0.2, 0.25) is 0 Å². The summed E-state index contributed by atoms with van der Waals surface area (Å²) in [6.45, 7) is 1.90. The second-order valence-electron chi connectivity index (χ2n) is 4.44. The Kier molecular flexibility index (Phi) is 3.10. The van der Waals surface area contributed by atoms with Gasteiger partial charge in [-0.15, -0.1) is 0 Å². The SMILES string of the molecule is Cc1ccccc1-c1nc(Cl)c2cc(F)cc(F)c2n1. The molecule has 0 N–H and O–H groups in total. The van der Waals surface area contributed by atoms with Gasteiger partial charge < -0.3 is 0 Å². The van der Waals surface area contributed by atoms with E-state index in [0.717, 1.165) is 23.3 Å². The van der Waals surface area contributed by atoms with Crippen LogP contribution in [0.5, 0.6) is 0 Å². The van der Waals surface area contributed by atoms with Gasteiger partial charge in [-0.3, -0.25) is 0 Å². The van der Waals surface area contributed by atoms with Crippen LogP contribution in [0.2, 0.25) is 5.15 Å². The van der Waals surface area contributed by atoms with Gasteiger partial charge in [0, 0.05) is 17.0 Å². The first-order valence-corrected chi connectivity index (χ1v) is 6.32. The molecule has 0 aliphatic carbocycles. The molecule has 3 aromatic rings. The number of halogens is 3. The summed E-state index contributed by atoms with van der Waals surface area (Å²) in [5, 5.41) is 0.202. The number of fused-ring (bicyclic) bond motifs is 1. The summed E-state index contributed by atoms with van der Waals surface area (Å²) >= 11 is 6.02. The summed E-state index contributed by atoms with van der Waals surface area (Å²) in [4.78, 5) is 8.31. The molecule has 0 aliphatic rings. The highest BCUT2D eigenvalue weighted by Gasteiger charge is 2.13. The lowest BCUT2D eigenvalue weighted by Gasteiger charge is -2.07. The van der Waals surface area contributed by atoms with Crippen LogP contribution in [0.25, 0.3) is 22.3 Å². The summed E-state index contributed by atoms with van der Waals surface area (Å²) in [6, 6.07) is 9.37. The largest absolute Gasteiger partial charge is 0.225 e. The van der Waals surface area contributed by atoms with Crippen molar-refractivity contribution in [2.45, 2.75) is 6.92 Å². The highest BCUT2D eigenvalue weighted by Crippen LogP contribution is 2.28. The number of nitrogens with zero attached hydrogens (tertiary/aromatic N) is 2. The third-order valence-corrected chi connectivity index (χ3v) is 3.35. The zero-order chi connectivity index (χ0) is 14.3. The average Bonchev–Trinajstić information content (AvgIpc) is 2.40. The number of rotatable bonds is 1. The Balaban J connectivity index is 2.33. The molecule has 0 aliphatic heterocycles. The van der Waals surface area contributed by atoms with Crippen LogP contribution in [0.3, 0.4) is 0 Å². The normalized spacial score (nSPS) is 11.0. The van der Waals surface area contributed by atoms with Crippen LogP contribution >= 0.6 is 11.6 Å². The quantitative estimate of drug-likeness (QED) is 0.615. The van der Waals surface area contributed by atoms with Crippen LogP contribution in [0.1, 0.15) is 5.56 Å². The maximum atomic E-state index is 13.8. The average molecular weight is 291 g/mol. The van der Waals surface area contributed by atoms with Crippen molar-refractivity contribution in [1.29, 1.82) is 0 Å². The molecule has 0 spiro atoms. The molecule has 0 saturated carbocycles. The molecule has 0 saturated heterocycles. The molecule has 0 radical (unpaired) electrons. The van der Waals surface area contributed by atoms with Gasteiger partial charge in [0.05, 0.1) is 0 Å². The van der Waals surface area contributed by atoms with Crippen molar-refractivity contribution in [2.75, 3.05) is 0 Å². The van der Waals surface area contributed by atoms with Crippen molar-refractivity contribution in [3.8, 4) is 11.4 Å². The van der Waals surface area contributed by atoms with E-state index in [9.17, 15) is 8.78 Å². The van der Waals surface area contributed by atoms with E-state index in [-0.39, 0.29) is 16.1 Å². The lowest BCUT2D eigenvalue weighted by Crippen LogP contribution is -1.96. The van der Waals surface area contributed by atoms with Gasteiger partial charge in [0.1, 0.15) is 16.5 Å². The second-order valence-corrected chi connectivity index (χ2v) is 4.79. The van der Waals surface area contributed by atoms with Crippen molar-refractivity contribution < 1.29 is 8.78 Å². The van der Waals surface area contributed by atoms with Gasteiger partial charge in [0.15, 0.2) is 11.6 Å². The van der Waals surface area contributed by atoms with E-state index in [1.165, 1.54) is 0 Å². The fraction of sp³-hybridized carbons (Fsp3) is 0.0667. The molecule has 0 unspecified atom stereocenters. The monoisotopic (exact) mass is 290 g/mol. The molecule has 0 bridgehead atoms. The molecule has 20 heavy (non-hydrogen) atoms. The molecule has 3 rings (SSSR count). The first kappa shape index (κ1) is 12.9. The van der Waals surface area contributed by atoms with Crippen LogP contribution in [0, 0.1) is 18.6 Å². The first-order chi connectivity index (χ1) is 9.56. The molecule has 1 aromatic heterocycles. The zero-order valence-electron chi connectivity index (χ0n) is 10.5. The van der Waals surface area contributed by atoms with Crippen molar-refractivity contribution in [1.82, 2.24) is 9.97 Å². The molecule has 5 heteroatoms. The molecule has 0 amide bonds. The van der Waals surface area contributed by atoms with Gasteiger partial charge in [-0.25, -0.2) is 18.7 Å². The van der Waals surface area contributed by atoms with E-state index < -0.39 is 11.6 Å². The van der Waals surface area contributed by atoms with Crippen molar-refractivity contribution in [3.63, 3.8) is 0 Å². The number of hydrogen-bond acceptors (Lipinski definition) is 2. The van der Waals surface area contributed by atoms with Gasteiger partial charge in [0.25, 0.3) is 0 Å². The molecule has 1 heterocycles. The van der Waals surface area contributed by atoms with Crippen LogP contribution in [-0.2, 0) is 0 Å². The van der Waals surface area contributed by atoms with Crippen LogP contribution in [0.15, 0.2) is 36.4 Å². The Hall–Kier alpha value is -2.07. The van der Waals surface area contributed by atoms with Gasteiger partial charge in [-0.05, 0) is 18.6 Å². The van der Waals surface area contributed by atoms with E-state index in [0.29, 0.717) is 5.82 Å². The molecule has 0 fully saturated rings. The van der Waals surface area contributed by atoms with E-state index in [4.69, 9.17) is 11.6 Å². The van der Waals surface area contributed by atoms with Gasteiger partial charge >= 0.3 is 0 Å². The summed E-state index contributed by atoms with van der Waals surface area (Å²) in [5.74, 6) is -1.13. The first-order valence-electron chi connectivity index (χ1n) is 5.94. The van der Waals surface area contributed by atoms with Gasteiger partial charge in [-0.2, -0.15) is 0 Å². The van der Waals surface area contributed by atoms with E-state index in [1.54, 1.807) is 0 Å². The van der Waals surface area contributed by atoms with Crippen LogP contribution in [-0.4, -0.2) is 9.97 Å². The molecule has 0 atom stereocenters. The Labute approximate surface area is 119 Å². The van der Waals surface area contributed by atoms with Crippen molar-refractivity contribution >= 4 is 22.5 Å². The lowest BCUT2D eigenvalue weighted by atomic mass is 10.1. The molecule has 100 valence electrons. The molecular weight excluding hydrogens is 282 g/mol. The van der Waals surface area contributed by atoms with Crippen molar-refractivity contribution in [2.24, 2.45) is 0 Å². The Morgan fingerprint density at radius 2 is 1.80 bits per heavy atom. The Bertz CT molecular complexity index is 818.